The summed E-state index contributed by atoms with van der Waals surface area (Å²) in [4.78, 5) is 11.2. The SMILES string of the molecule is CCNC(=O)CNCCC1CCC(C)CC1. The van der Waals surface area contributed by atoms with E-state index >= 15 is 0 Å². The van der Waals surface area contributed by atoms with Crippen molar-refractivity contribution >= 4 is 5.91 Å². The number of amides is 1. The summed E-state index contributed by atoms with van der Waals surface area (Å²) in [6.45, 7) is 6.47. The standard InChI is InChI=1S/C13H26N2O/c1-3-15-13(16)10-14-9-8-12-6-4-11(2)5-7-12/h11-12,14H,3-10H2,1-2H3,(H,15,16). The summed E-state index contributed by atoms with van der Waals surface area (Å²) in [6.07, 6.45) is 6.77. The second-order valence-electron chi connectivity index (χ2n) is 5.04. The Balaban J connectivity index is 1.97. The van der Waals surface area contributed by atoms with E-state index in [1.165, 1.54) is 32.1 Å². The smallest absolute Gasteiger partial charge is 0.233 e. The summed E-state index contributed by atoms with van der Waals surface area (Å²) >= 11 is 0. The van der Waals surface area contributed by atoms with Gasteiger partial charge in [-0.25, -0.2) is 0 Å². The van der Waals surface area contributed by atoms with Crippen LogP contribution in [-0.4, -0.2) is 25.5 Å². The molecule has 0 aromatic rings. The highest BCUT2D eigenvalue weighted by molar-refractivity contribution is 5.77. The fourth-order valence-corrected chi connectivity index (χ4v) is 2.39. The zero-order valence-electron chi connectivity index (χ0n) is 10.7. The van der Waals surface area contributed by atoms with Gasteiger partial charge >= 0.3 is 0 Å². The summed E-state index contributed by atoms with van der Waals surface area (Å²) in [6, 6.07) is 0. The van der Waals surface area contributed by atoms with E-state index in [9.17, 15) is 4.79 Å². The van der Waals surface area contributed by atoms with Gasteiger partial charge in [-0.2, -0.15) is 0 Å². The zero-order chi connectivity index (χ0) is 11.8. The quantitative estimate of drug-likeness (QED) is 0.679. The Kier molecular flexibility index (Phi) is 6.46. The number of carbonyl (C=O) groups is 1. The van der Waals surface area contributed by atoms with Crippen LogP contribution in [0.1, 0.15) is 46.0 Å². The minimum Gasteiger partial charge on any atom is -0.355 e. The molecule has 0 heterocycles. The number of nitrogens with one attached hydrogen (secondary N) is 2. The Morgan fingerprint density at radius 2 is 1.94 bits per heavy atom. The van der Waals surface area contributed by atoms with Gasteiger partial charge in [-0.15, -0.1) is 0 Å². The van der Waals surface area contributed by atoms with Crippen LogP contribution >= 0.6 is 0 Å². The maximum Gasteiger partial charge on any atom is 0.233 e. The van der Waals surface area contributed by atoms with E-state index in [1.807, 2.05) is 6.92 Å². The fraction of sp³-hybridized carbons (Fsp3) is 0.923. The Labute approximate surface area is 99.4 Å². The molecule has 0 aromatic carbocycles. The molecule has 0 radical (unpaired) electrons. The molecule has 94 valence electrons. The van der Waals surface area contributed by atoms with E-state index in [2.05, 4.69) is 17.6 Å². The lowest BCUT2D eigenvalue weighted by atomic mass is 9.81. The van der Waals surface area contributed by atoms with Gasteiger partial charge in [0.05, 0.1) is 6.54 Å². The third kappa shape index (κ3) is 5.50. The molecule has 16 heavy (non-hydrogen) atoms. The lowest BCUT2D eigenvalue weighted by Gasteiger charge is -2.26. The minimum absolute atomic E-state index is 0.111. The Morgan fingerprint density at radius 3 is 2.56 bits per heavy atom. The summed E-state index contributed by atoms with van der Waals surface area (Å²) < 4.78 is 0. The first-order chi connectivity index (χ1) is 7.72. The number of likely N-dealkylation sites (N-methyl/N-ethyl adjacent to an activating group) is 1. The first-order valence-corrected chi connectivity index (χ1v) is 6.69. The van der Waals surface area contributed by atoms with E-state index in [1.54, 1.807) is 0 Å². The lowest BCUT2D eigenvalue weighted by molar-refractivity contribution is -0.120. The van der Waals surface area contributed by atoms with Crippen LogP contribution in [0.15, 0.2) is 0 Å². The summed E-state index contributed by atoms with van der Waals surface area (Å²) in [5, 5.41) is 6.00. The molecule has 1 rings (SSSR count). The number of hydrogen-bond acceptors (Lipinski definition) is 2. The molecule has 0 spiro atoms. The molecule has 0 atom stereocenters. The molecule has 3 nitrogen and oxygen atoms in total. The molecule has 0 saturated heterocycles. The third-order valence-electron chi connectivity index (χ3n) is 3.52. The number of rotatable bonds is 6. The van der Waals surface area contributed by atoms with Crippen molar-refractivity contribution in [3.63, 3.8) is 0 Å². The molecule has 1 amide bonds. The van der Waals surface area contributed by atoms with Gasteiger partial charge in [0.25, 0.3) is 0 Å². The van der Waals surface area contributed by atoms with Crippen molar-refractivity contribution in [2.24, 2.45) is 11.8 Å². The van der Waals surface area contributed by atoms with Crippen LogP contribution in [0.25, 0.3) is 0 Å². The van der Waals surface area contributed by atoms with Crippen molar-refractivity contribution in [1.82, 2.24) is 10.6 Å². The number of hydrogen-bond donors (Lipinski definition) is 2. The molecule has 0 bridgehead atoms. The van der Waals surface area contributed by atoms with Crippen molar-refractivity contribution in [3.05, 3.63) is 0 Å². The molecule has 1 aliphatic rings. The molecule has 2 N–H and O–H groups in total. The van der Waals surface area contributed by atoms with Crippen molar-refractivity contribution in [2.45, 2.75) is 46.0 Å². The molecule has 1 aliphatic carbocycles. The molecule has 1 saturated carbocycles. The fourth-order valence-electron chi connectivity index (χ4n) is 2.39. The first-order valence-electron chi connectivity index (χ1n) is 6.69. The predicted octanol–water partition coefficient (Wildman–Crippen LogP) is 1.93. The first kappa shape index (κ1) is 13.5. The van der Waals surface area contributed by atoms with Crippen molar-refractivity contribution in [1.29, 1.82) is 0 Å². The maximum absolute atomic E-state index is 11.2. The average molecular weight is 226 g/mol. The molecule has 0 aliphatic heterocycles. The van der Waals surface area contributed by atoms with Crippen LogP contribution in [0.4, 0.5) is 0 Å². The van der Waals surface area contributed by atoms with Gasteiger partial charge in [-0.05, 0) is 31.7 Å². The summed E-state index contributed by atoms with van der Waals surface area (Å²) in [5.74, 6) is 1.93. The lowest BCUT2D eigenvalue weighted by Crippen LogP contribution is -2.34. The van der Waals surface area contributed by atoms with E-state index < -0.39 is 0 Å². The molecular formula is C13H26N2O. The highest BCUT2D eigenvalue weighted by Crippen LogP contribution is 2.29. The van der Waals surface area contributed by atoms with Crippen molar-refractivity contribution in [3.8, 4) is 0 Å². The highest BCUT2D eigenvalue weighted by Gasteiger charge is 2.17. The van der Waals surface area contributed by atoms with Crippen LogP contribution in [0, 0.1) is 11.8 Å². The van der Waals surface area contributed by atoms with Crippen LogP contribution in [-0.2, 0) is 4.79 Å². The summed E-state index contributed by atoms with van der Waals surface area (Å²) in [7, 11) is 0. The molecule has 1 fully saturated rings. The van der Waals surface area contributed by atoms with Crippen LogP contribution in [0.5, 0.6) is 0 Å². The van der Waals surface area contributed by atoms with Gasteiger partial charge in [0, 0.05) is 6.54 Å². The largest absolute Gasteiger partial charge is 0.355 e. The van der Waals surface area contributed by atoms with Gasteiger partial charge in [0.15, 0.2) is 0 Å². The second kappa shape index (κ2) is 7.66. The predicted molar refractivity (Wildman–Crippen MR) is 67.3 cm³/mol. The summed E-state index contributed by atoms with van der Waals surface area (Å²) in [5.41, 5.74) is 0. The Bertz CT molecular complexity index is 198. The van der Waals surface area contributed by atoms with E-state index in [0.29, 0.717) is 6.54 Å². The zero-order valence-corrected chi connectivity index (χ0v) is 10.7. The molecule has 0 aromatic heterocycles. The van der Waals surface area contributed by atoms with Gasteiger partial charge < -0.3 is 10.6 Å². The van der Waals surface area contributed by atoms with Gasteiger partial charge in [0.1, 0.15) is 0 Å². The van der Waals surface area contributed by atoms with Crippen LogP contribution in [0.2, 0.25) is 0 Å². The average Bonchev–Trinajstić information content (AvgIpc) is 2.27. The normalized spacial score (nSPS) is 25.4. The monoisotopic (exact) mass is 226 g/mol. The van der Waals surface area contributed by atoms with Gasteiger partial charge in [-0.1, -0.05) is 32.6 Å². The molecular weight excluding hydrogens is 200 g/mol. The van der Waals surface area contributed by atoms with E-state index in [4.69, 9.17) is 0 Å². The molecule has 0 unspecified atom stereocenters. The third-order valence-corrected chi connectivity index (χ3v) is 3.52. The Morgan fingerprint density at radius 1 is 1.25 bits per heavy atom. The Hall–Kier alpha value is -0.570. The maximum atomic E-state index is 11.2. The minimum atomic E-state index is 0.111. The van der Waals surface area contributed by atoms with Crippen molar-refractivity contribution in [2.75, 3.05) is 19.6 Å². The van der Waals surface area contributed by atoms with E-state index in [0.717, 1.165) is 24.9 Å². The van der Waals surface area contributed by atoms with E-state index in [-0.39, 0.29) is 5.91 Å². The topological polar surface area (TPSA) is 41.1 Å². The van der Waals surface area contributed by atoms with Crippen LogP contribution in [0.3, 0.4) is 0 Å². The highest BCUT2D eigenvalue weighted by atomic mass is 16.1. The van der Waals surface area contributed by atoms with Crippen LogP contribution < -0.4 is 10.6 Å². The van der Waals surface area contributed by atoms with Gasteiger partial charge in [-0.3, -0.25) is 4.79 Å². The number of carbonyl (C=O) groups excluding carboxylic acids is 1. The van der Waals surface area contributed by atoms with Gasteiger partial charge in [0.2, 0.25) is 5.91 Å². The van der Waals surface area contributed by atoms with Crippen molar-refractivity contribution < 1.29 is 4.79 Å². The second-order valence-corrected chi connectivity index (χ2v) is 5.04. The molecule has 3 heteroatoms.